The zero-order valence-corrected chi connectivity index (χ0v) is 85.4. The first-order valence-corrected chi connectivity index (χ1v) is 50.1. The number of aliphatic carboxylic acids is 4. The van der Waals surface area contributed by atoms with E-state index < -0.39 is 198 Å². The molecule has 8 aromatic rings. The summed E-state index contributed by atoms with van der Waals surface area (Å²) in [7, 11) is -11.0. The van der Waals surface area contributed by atoms with Gasteiger partial charge >= 0.3 is 36.2 Å². The fourth-order valence-corrected chi connectivity index (χ4v) is 19.4. The number of sulfonamides is 2. The predicted octanol–water partition coefficient (Wildman–Crippen LogP) is 1.36. The van der Waals surface area contributed by atoms with Gasteiger partial charge in [-0.2, -0.15) is 44.2 Å². The van der Waals surface area contributed by atoms with Gasteiger partial charge in [0.1, 0.15) is 60.7 Å². The molecular formula is C91H123F6N21O28S3. The Hall–Kier alpha value is -14.1. The molecule has 1 fully saturated rings. The number of aromatic nitrogens is 6. The molecule has 2 unspecified atom stereocenters. The van der Waals surface area contributed by atoms with Crippen molar-refractivity contribution in [3.63, 3.8) is 0 Å². The number of fused-ring (bicyclic) bond motifs is 2. The van der Waals surface area contributed by atoms with E-state index in [2.05, 4.69) is 87.0 Å². The lowest BCUT2D eigenvalue weighted by molar-refractivity contribution is -0.193. The number of carbonyl (C=O) groups is 13. The molecule has 1 aliphatic rings. The van der Waals surface area contributed by atoms with Gasteiger partial charge in [0, 0.05) is 173 Å². The first kappa shape index (κ1) is 125. The third-order valence-corrected chi connectivity index (χ3v) is 26.6. The summed E-state index contributed by atoms with van der Waals surface area (Å²) in [5, 5.41) is 58.7. The number of hydrogen-bond donors (Lipinski definition) is 18. The standard InChI is InChI=1S/C85H117N21O22S3.2C2HF3O2.2CH2O/c1-11-64(79(113)86-20-13-26-105-46-62(73(109)60-16-14-58(40-69(60)105)42-94-84-88-21-22-89-84)77(111)92-44-66(82(116)117)99-130(123,124)75-54(5)36-52(3)37-55(75)6)96-71(107)19-18-65(97-72(108)48-102-30-28-101(12-2)29-32-103(50-127-9)34-35-104(33-31-102)51-128-10)81(115)98-68(49-129(120,121)122)80(114)87-25-27-106-47-63(74(110)61-17-15-59(41-70(61)106)43-95-85-90-23-24-91-85)78(112)93-45-67(83(118)119)100-131(125,126)76-56(7)38-53(4)39-57(76)8;2*3-2(4,5)1(6)7;2*1-2/h14-17,21-24,36-41,46-47,64-68,99-100H,11-13,18-20,25-35,42-45,48-51H2,1-10H3,(H,86,113)(H,87,114)(H,92,111)(H,93,112)(H,96,107)(H,97,108)(H,98,115)(H,116,117)(H,118,119)(H2,88,89,94)(H2,90,91,95)(H,120,121,122);2*(H,6,7);2*1H2/t64-,65-,66?,67?,68-;;;;/m0..../s1. The first-order valence-electron chi connectivity index (χ1n) is 45.5. The Bertz CT molecular complexity index is 6370. The molecule has 4 aromatic carbocycles. The van der Waals surface area contributed by atoms with Gasteiger partial charge in [0.25, 0.3) is 21.9 Å². The molecule has 49 nitrogen and oxygen atoms in total. The Balaban J connectivity index is 0.00000199. The van der Waals surface area contributed by atoms with Crippen LogP contribution in [0.2, 0.25) is 0 Å². The molecular weight excluding hydrogens is 2050 g/mol. The van der Waals surface area contributed by atoms with Crippen molar-refractivity contribution in [2.45, 2.75) is 160 Å². The average molecular weight is 2170 g/mol. The highest BCUT2D eigenvalue weighted by atomic mass is 32.2. The summed E-state index contributed by atoms with van der Waals surface area (Å²) in [6, 6.07) is 6.97. The van der Waals surface area contributed by atoms with Gasteiger partial charge in [-0.1, -0.05) is 61.4 Å². The average Bonchev–Trinajstić information content (AvgIpc) is 1.20. The van der Waals surface area contributed by atoms with Crippen LogP contribution in [0.3, 0.4) is 0 Å². The van der Waals surface area contributed by atoms with E-state index in [-0.39, 0.29) is 84.9 Å². The molecule has 18 N–H and O–H groups in total. The lowest BCUT2D eigenvalue weighted by atomic mass is 10.1. The van der Waals surface area contributed by atoms with Gasteiger partial charge in [-0.05, 0) is 125 Å². The lowest BCUT2D eigenvalue weighted by Crippen LogP contribution is -2.57. The number of likely N-dealkylation sites (N-methyl/N-ethyl adjacent to an activating group) is 1. The second-order valence-corrected chi connectivity index (χ2v) is 38.4. The van der Waals surface area contributed by atoms with Crippen molar-refractivity contribution >= 4 is 143 Å². The van der Waals surface area contributed by atoms with Crippen molar-refractivity contribution < 1.29 is 148 Å². The van der Waals surface area contributed by atoms with Crippen molar-refractivity contribution in [3.05, 3.63) is 174 Å². The zero-order chi connectivity index (χ0) is 112. The van der Waals surface area contributed by atoms with Crippen LogP contribution < -0.4 is 68.2 Å². The minimum absolute atomic E-state index is 0.00843. The minimum Gasteiger partial charge on any atom is -0.480 e. The molecule has 58 heteroatoms. The second kappa shape index (κ2) is 59.2. The van der Waals surface area contributed by atoms with Crippen LogP contribution in [-0.4, -0.2) is 345 Å². The molecule has 0 radical (unpaired) electrons. The van der Waals surface area contributed by atoms with E-state index in [1.165, 1.54) is 29.1 Å². The Morgan fingerprint density at radius 3 is 1.24 bits per heavy atom. The third kappa shape index (κ3) is 40.1. The molecule has 5 heterocycles. The van der Waals surface area contributed by atoms with E-state index in [1.807, 2.05) is 30.3 Å². The summed E-state index contributed by atoms with van der Waals surface area (Å²) in [4.78, 5) is 210. The number of hydrogen-bond acceptors (Lipinski definition) is 31. The van der Waals surface area contributed by atoms with Crippen molar-refractivity contribution in [1.82, 2.24) is 95.3 Å². The topological polar surface area (TPSA) is 691 Å². The van der Waals surface area contributed by atoms with Crippen molar-refractivity contribution in [3.8, 4) is 0 Å². The SMILES string of the molecule is C=O.C=O.CC[C@H](NC(=O)CC[C@H](NC(=O)CN1CCN(CC)CCN(COC)CCN(COC)CC1)C(=O)N[C@@H](CS(=O)(=O)O)C(=O)NCCn1cc(C(=O)NCC(NS(=O)(=O)c2c(C)cc(C)cc2C)C(=O)O)c(=O)c2ccc(CNc3ncc[nH]3)cc21)C(=O)NCCCn1cc(C(=O)NCC(NS(=O)(=O)c2c(C)cc(C)cc2C)C(=O)O)c(=O)c2ccc(CNc3ncc[nH]3)cc21.O=C(O)C(F)(F)F.O=C(O)C(F)(F)F. The summed E-state index contributed by atoms with van der Waals surface area (Å²) in [5.74, 6) is -16.2. The highest BCUT2D eigenvalue weighted by Crippen LogP contribution is 2.26. The minimum atomic E-state index is -5.17. The van der Waals surface area contributed by atoms with E-state index in [0.717, 1.165) is 17.3 Å². The summed E-state index contributed by atoms with van der Waals surface area (Å²) in [6.07, 6.45) is -2.55. The van der Waals surface area contributed by atoms with E-state index in [4.69, 9.17) is 38.9 Å². The molecule has 0 aliphatic carbocycles. The van der Waals surface area contributed by atoms with Gasteiger partial charge in [0.05, 0.1) is 40.8 Å². The number of benzene rings is 4. The number of ether oxygens (including phenoxy) is 2. The second-order valence-electron chi connectivity index (χ2n) is 33.6. The summed E-state index contributed by atoms with van der Waals surface area (Å²) in [5.41, 5.74) is 2.12. The number of alkyl halides is 6. The number of aromatic amines is 2. The number of pyridine rings is 2. The predicted molar refractivity (Wildman–Crippen MR) is 527 cm³/mol. The summed E-state index contributed by atoms with van der Waals surface area (Å²) in [6.45, 7) is 20.3. The van der Waals surface area contributed by atoms with Crippen LogP contribution in [0.5, 0.6) is 0 Å². The van der Waals surface area contributed by atoms with Gasteiger partial charge in [-0.3, -0.25) is 72.0 Å². The smallest absolute Gasteiger partial charge is 0.480 e. The molecule has 4 aromatic heterocycles. The number of H-pyrrole nitrogens is 2. The number of rotatable bonds is 46. The number of imidazole rings is 2. The first-order chi connectivity index (χ1) is 70.1. The number of carboxylic acids is 4. The van der Waals surface area contributed by atoms with Crippen LogP contribution >= 0.6 is 0 Å². The van der Waals surface area contributed by atoms with Crippen molar-refractivity contribution in [1.29, 1.82) is 0 Å². The number of carbonyl (C=O) groups excluding carboxylic acids is 9. The van der Waals surface area contributed by atoms with Gasteiger partial charge in [-0.15, -0.1) is 0 Å². The highest BCUT2D eigenvalue weighted by molar-refractivity contribution is 7.90. The number of nitrogens with one attached hydrogen (secondary N) is 13. The third-order valence-electron chi connectivity index (χ3n) is 22.3. The maximum Gasteiger partial charge on any atom is 0.490 e. The van der Waals surface area contributed by atoms with E-state index in [9.17, 15) is 119 Å². The summed E-state index contributed by atoms with van der Waals surface area (Å²) < 4.78 is 173. The molecule has 149 heavy (non-hydrogen) atoms. The molecule has 1 saturated heterocycles. The normalized spacial score (nSPS) is 14.1. The van der Waals surface area contributed by atoms with Crippen LogP contribution in [-0.2, 0) is 119 Å². The van der Waals surface area contributed by atoms with Crippen LogP contribution in [0.4, 0.5) is 38.2 Å². The number of carboxylic acid groups (broad SMARTS) is 4. The largest absolute Gasteiger partial charge is 0.490 e. The number of nitrogens with zero attached hydrogens (tertiary/aromatic N) is 8. The Morgan fingerprint density at radius 1 is 0.490 bits per heavy atom. The number of amides is 7. The van der Waals surface area contributed by atoms with Gasteiger partial charge < -0.3 is 111 Å². The molecule has 1 aliphatic heterocycles. The molecule has 0 saturated carbocycles. The number of aryl methyl sites for hydroxylation is 7. The number of halogens is 6. The lowest BCUT2D eigenvalue weighted by Gasteiger charge is -2.33. The quantitative estimate of drug-likeness (QED) is 0.0145. The maximum atomic E-state index is 14.9. The molecule has 0 spiro atoms. The highest BCUT2D eigenvalue weighted by Gasteiger charge is 2.40. The monoisotopic (exact) mass is 2170 g/mol. The number of methoxy groups -OCH3 is 2. The molecule has 9 rings (SSSR count). The van der Waals surface area contributed by atoms with Gasteiger partial charge in [-0.25, -0.2) is 36.4 Å². The van der Waals surface area contributed by atoms with Crippen LogP contribution in [0, 0.1) is 41.5 Å². The van der Waals surface area contributed by atoms with Crippen LogP contribution in [0.25, 0.3) is 21.8 Å². The summed E-state index contributed by atoms with van der Waals surface area (Å²) >= 11 is 0. The van der Waals surface area contributed by atoms with Gasteiger partial charge in [0.2, 0.25) is 60.4 Å². The Labute approximate surface area is 851 Å². The van der Waals surface area contributed by atoms with E-state index in [0.29, 0.717) is 116 Å². The van der Waals surface area contributed by atoms with E-state index in [1.54, 1.807) is 134 Å². The van der Waals surface area contributed by atoms with Crippen LogP contribution in [0.1, 0.15) is 105 Å². The Kier molecular flexibility index (Phi) is 49.8. The Morgan fingerprint density at radius 2 is 0.872 bits per heavy atom. The number of anilines is 2. The molecule has 820 valence electrons. The van der Waals surface area contributed by atoms with Crippen LogP contribution in [0.15, 0.2) is 117 Å². The molecule has 7 amide bonds. The maximum absolute atomic E-state index is 14.9. The fourth-order valence-electron chi connectivity index (χ4n) is 15.4. The van der Waals surface area contributed by atoms with E-state index >= 15 is 0 Å². The van der Waals surface area contributed by atoms with Crippen molar-refractivity contribution in [2.75, 3.05) is 136 Å². The molecule has 5 atom stereocenters. The zero-order valence-electron chi connectivity index (χ0n) is 82.9. The molecule has 0 bridgehead atoms. The fraction of sp³-hybridized carbons (Fsp3) is 0.462. The van der Waals surface area contributed by atoms with Crippen molar-refractivity contribution in [2.24, 2.45) is 0 Å². The van der Waals surface area contributed by atoms with Gasteiger partial charge in [0.15, 0.2) is 11.9 Å².